The minimum absolute atomic E-state index is 0.0110. The van der Waals surface area contributed by atoms with Gasteiger partial charge >= 0.3 is 6.09 Å². The number of anilines is 1. The van der Waals surface area contributed by atoms with Crippen LogP contribution in [-0.2, 0) is 14.9 Å². The Bertz CT molecular complexity index is 1700. The fourth-order valence-corrected chi connectivity index (χ4v) is 9.15. The second-order valence-electron chi connectivity index (χ2n) is 16.2. The molecule has 5 aliphatic rings. The van der Waals surface area contributed by atoms with Crippen LogP contribution in [0.3, 0.4) is 0 Å². The minimum Gasteiger partial charge on any atom is -0.496 e. The second-order valence-corrected chi connectivity index (χ2v) is 16.2. The first-order chi connectivity index (χ1) is 24.0. The van der Waals surface area contributed by atoms with E-state index in [0.717, 1.165) is 63.1 Å². The van der Waals surface area contributed by atoms with Crippen molar-refractivity contribution in [3.05, 3.63) is 65.7 Å². The molecule has 0 spiro atoms. The third kappa shape index (κ3) is 6.64. The van der Waals surface area contributed by atoms with Gasteiger partial charge in [-0.25, -0.2) is 9.18 Å². The molecule has 1 aromatic heterocycles. The van der Waals surface area contributed by atoms with Gasteiger partial charge in [0.05, 0.1) is 13.3 Å². The number of hydrogen-bond acceptors (Lipinski definition) is 5. The zero-order chi connectivity index (χ0) is 35.2. The molecule has 0 radical (unpaired) electrons. The first-order valence-electron chi connectivity index (χ1n) is 18.7. The molecule has 9 heteroatoms. The van der Waals surface area contributed by atoms with E-state index in [-0.39, 0.29) is 46.7 Å². The quantitative estimate of drug-likeness (QED) is 0.225. The van der Waals surface area contributed by atoms with Crippen molar-refractivity contribution in [2.45, 2.75) is 109 Å². The Morgan fingerprint density at radius 2 is 1.70 bits per heavy atom. The largest absolute Gasteiger partial charge is 0.496 e. The van der Waals surface area contributed by atoms with Gasteiger partial charge in [0, 0.05) is 54.6 Å². The zero-order valence-corrected chi connectivity index (χ0v) is 30.4. The van der Waals surface area contributed by atoms with Gasteiger partial charge in [0.15, 0.2) is 0 Å². The average Bonchev–Trinajstić information content (AvgIpc) is 3.61. The van der Waals surface area contributed by atoms with Gasteiger partial charge in [0.1, 0.15) is 17.7 Å². The van der Waals surface area contributed by atoms with E-state index in [2.05, 4.69) is 37.1 Å². The van der Waals surface area contributed by atoms with Crippen molar-refractivity contribution < 1.29 is 23.5 Å². The number of nitrogens with zero attached hydrogens (tertiary/aromatic N) is 4. The van der Waals surface area contributed by atoms with E-state index in [1.807, 2.05) is 35.7 Å². The van der Waals surface area contributed by atoms with E-state index in [1.54, 1.807) is 24.3 Å². The number of likely N-dealkylation sites (tertiary alicyclic amines) is 1. The lowest BCUT2D eigenvalue weighted by Gasteiger charge is -2.55. The number of carbonyl (C=O) groups excluding carboxylic acids is 2. The van der Waals surface area contributed by atoms with Crippen LogP contribution in [0.25, 0.3) is 11.1 Å². The number of amides is 2. The Hall–Kier alpha value is -3.88. The van der Waals surface area contributed by atoms with Crippen LogP contribution < -0.4 is 9.64 Å². The third-order valence-electron chi connectivity index (χ3n) is 12.5. The molecule has 2 heterocycles. The molecule has 1 saturated heterocycles. The highest BCUT2D eigenvalue weighted by Crippen LogP contribution is 2.58. The Balaban J connectivity index is 1.12. The summed E-state index contributed by atoms with van der Waals surface area (Å²) >= 11 is 0. The van der Waals surface area contributed by atoms with E-state index >= 15 is 4.39 Å². The van der Waals surface area contributed by atoms with Gasteiger partial charge in [-0.15, -0.1) is 0 Å². The second kappa shape index (κ2) is 13.7. The number of carbonyl (C=O) groups is 2. The molecule has 5 fully saturated rings. The Morgan fingerprint density at radius 1 is 1.00 bits per heavy atom. The van der Waals surface area contributed by atoms with E-state index in [4.69, 9.17) is 9.47 Å². The summed E-state index contributed by atoms with van der Waals surface area (Å²) in [6.07, 6.45) is 12.3. The van der Waals surface area contributed by atoms with E-state index in [0.29, 0.717) is 49.3 Å². The van der Waals surface area contributed by atoms with Crippen molar-refractivity contribution in [1.82, 2.24) is 14.7 Å². The molecular formula is C41H53FN4O4. The molecule has 0 unspecified atom stereocenters. The van der Waals surface area contributed by atoms with Crippen molar-refractivity contribution in [2.75, 3.05) is 31.6 Å². The number of aromatic nitrogens is 2. The molecule has 0 N–H and O–H groups in total. The van der Waals surface area contributed by atoms with Crippen molar-refractivity contribution in [3.63, 3.8) is 0 Å². The predicted molar refractivity (Wildman–Crippen MR) is 193 cm³/mol. The van der Waals surface area contributed by atoms with E-state index in [1.165, 1.54) is 17.2 Å². The standard InChI is InChI=1S/C41H53FN4O4/c1-27(2)46-25-31(22-43-46)35-21-33(9-12-36(35)42)45(38(47)30-6-10-34(11-7-30)50-39(48)44-23-28(3)24-44)26-40-14-17-41(18-15-40,19-16-40)32-8-13-37(49-5)29(4)20-32/h8-9,12-13,20-22,25,27-28,30,34H,6-7,10-11,14-19,23-24,26H2,1-5H3. The van der Waals surface area contributed by atoms with Crippen molar-refractivity contribution >= 4 is 17.7 Å². The van der Waals surface area contributed by atoms with Gasteiger partial charge in [0.2, 0.25) is 5.91 Å². The lowest BCUT2D eigenvalue weighted by molar-refractivity contribution is -0.124. The Labute approximate surface area is 296 Å². The molecule has 2 aromatic carbocycles. The normalized spacial score (nSPS) is 26.5. The van der Waals surface area contributed by atoms with Gasteiger partial charge in [-0.05, 0) is 137 Å². The summed E-state index contributed by atoms with van der Waals surface area (Å²) in [4.78, 5) is 31.0. The van der Waals surface area contributed by atoms with Gasteiger partial charge < -0.3 is 19.3 Å². The maximum absolute atomic E-state index is 15.4. The van der Waals surface area contributed by atoms with Crippen LogP contribution in [0.5, 0.6) is 5.75 Å². The Kier molecular flexibility index (Phi) is 9.46. The number of ether oxygens (including phenoxy) is 2. The fourth-order valence-electron chi connectivity index (χ4n) is 9.15. The topological polar surface area (TPSA) is 76.9 Å². The summed E-state index contributed by atoms with van der Waals surface area (Å²) in [5.74, 6) is 1.06. The smallest absolute Gasteiger partial charge is 0.410 e. The molecular weight excluding hydrogens is 631 g/mol. The number of rotatable bonds is 9. The lowest BCUT2D eigenvalue weighted by Crippen LogP contribution is -2.52. The molecule has 3 aromatic rings. The van der Waals surface area contributed by atoms with Gasteiger partial charge in [-0.2, -0.15) is 5.10 Å². The van der Waals surface area contributed by atoms with E-state index < -0.39 is 0 Å². The number of hydrogen-bond donors (Lipinski definition) is 0. The van der Waals surface area contributed by atoms with Crippen LogP contribution in [0, 0.1) is 30.0 Å². The predicted octanol–water partition coefficient (Wildman–Crippen LogP) is 8.86. The summed E-state index contributed by atoms with van der Waals surface area (Å²) in [7, 11) is 1.72. The maximum atomic E-state index is 15.4. The number of halogens is 1. The number of aryl methyl sites for hydroxylation is 1. The zero-order valence-electron chi connectivity index (χ0n) is 30.4. The van der Waals surface area contributed by atoms with Crippen molar-refractivity contribution in [2.24, 2.45) is 17.3 Å². The highest BCUT2D eigenvalue weighted by Gasteiger charge is 2.51. The summed E-state index contributed by atoms with van der Waals surface area (Å²) in [6.45, 7) is 10.5. The molecule has 50 heavy (non-hydrogen) atoms. The number of benzene rings is 2. The van der Waals surface area contributed by atoms with Crippen molar-refractivity contribution in [3.8, 4) is 16.9 Å². The van der Waals surface area contributed by atoms with Crippen molar-refractivity contribution in [1.29, 1.82) is 0 Å². The van der Waals surface area contributed by atoms with Crippen LogP contribution in [0.2, 0.25) is 0 Å². The summed E-state index contributed by atoms with van der Waals surface area (Å²) in [5.41, 5.74) is 4.66. The third-order valence-corrected chi connectivity index (χ3v) is 12.5. The SMILES string of the molecule is COc1ccc(C23CCC(CN(C(=O)C4CCC(OC(=O)N5CC(C)C5)CC4)c4ccc(F)c(-c5cnn(C(C)C)c5)c4)(CC2)CC3)cc1C. The molecule has 4 aliphatic carbocycles. The Morgan fingerprint density at radius 3 is 2.30 bits per heavy atom. The molecule has 2 bridgehead atoms. The van der Waals surface area contributed by atoms with Crippen LogP contribution in [0.1, 0.15) is 102 Å². The highest BCUT2D eigenvalue weighted by atomic mass is 19.1. The molecule has 2 amide bonds. The molecule has 0 atom stereocenters. The fraction of sp³-hybridized carbons (Fsp3) is 0.585. The van der Waals surface area contributed by atoms with Crippen LogP contribution in [0.4, 0.5) is 14.9 Å². The molecule has 8 rings (SSSR count). The average molecular weight is 685 g/mol. The molecule has 268 valence electrons. The first-order valence-corrected chi connectivity index (χ1v) is 18.7. The van der Waals surface area contributed by atoms with Gasteiger partial charge in [-0.3, -0.25) is 9.48 Å². The number of methoxy groups -OCH3 is 1. The van der Waals surface area contributed by atoms with Crippen LogP contribution in [-0.4, -0.2) is 59.5 Å². The molecule has 8 nitrogen and oxygen atoms in total. The lowest BCUT2D eigenvalue weighted by atomic mass is 9.51. The monoisotopic (exact) mass is 684 g/mol. The number of fused-ring (bicyclic) bond motifs is 3. The maximum Gasteiger partial charge on any atom is 0.410 e. The van der Waals surface area contributed by atoms with E-state index in [9.17, 15) is 9.59 Å². The van der Waals surface area contributed by atoms with Gasteiger partial charge in [0.25, 0.3) is 0 Å². The molecule has 1 aliphatic heterocycles. The first kappa shape index (κ1) is 34.6. The summed E-state index contributed by atoms with van der Waals surface area (Å²) < 4.78 is 28.7. The molecule has 4 saturated carbocycles. The minimum atomic E-state index is -0.323. The van der Waals surface area contributed by atoms with Crippen LogP contribution in [0.15, 0.2) is 48.8 Å². The van der Waals surface area contributed by atoms with Crippen LogP contribution >= 0.6 is 0 Å². The van der Waals surface area contributed by atoms with Gasteiger partial charge in [-0.1, -0.05) is 19.1 Å². The summed E-state index contributed by atoms with van der Waals surface area (Å²) in [6, 6.07) is 11.9. The summed E-state index contributed by atoms with van der Waals surface area (Å²) in [5, 5.41) is 4.46. The highest BCUT2D eigenvalue weighted by molar-refractivity contribution is 5.96.